The van der Waals surface area contributed by atoms with Crippen molar-refractivity contribution >= 4 is 6.08 Å². The fourth-order valence-corrected chi connectivity index (χ4v) is 2.57. The fourth-order valence-electron chi connectivity index (χ4n) is 2.57. The second-order valence-corrected chi connectivity index (χ2v) is 4.97. The average Bonchev–Trinajstić information content (AvgIpc) is 2.41. The lowest BCUT2D eigenvalue weighted by Gasteiger charge is -2.29. The van der Waals surface area contributed by atoms with Gasteiger partial charge in [0.1, 0.15) is 0 Å². The summed E-state index contributed by atoms with van der Waals surface area (Å²) in [6, 6.07) is 12.8. The van der Waals surface area contributed by atoms with Crippen LogP contribution in [0.4, 0.5) is 0 Å². The number of allylic oxidation sites excluding steroid dienone is 1. The number of hydrogen-bond donors (Lipinski definition) is 0. The Labute approximate surface area is 104 Å². The van der Waals surface area contributed by atoms with Crippen LogP contribution in [0.1, 0.15) is 44.1 Å². The maximum Gasteiger partial charge on any atom is 0.0693 e. The maximum atomic E-state index is 9.35. The van der Waals surface area contributed by atoms with Gasteiger partial charge in [-0.2, -0.15) is 5.26 Å². The molecule has 0 aromatic heterocycles. The van der Waals surface area contributed by atoms with Gasteiger partial charge in [0.2, 0.25) is 0 Å². The highest BCUT2D eigenvalue weighted by Crippen LogP contribution is 2.39. The molecule has 0 bridgehead atoms. The Bertz CT molecular complexity index is 405. The van der Waals surface area contributed by atoms with Crippen LogP contribution < -0.4 is 0 Å². The van der Waals surface area contributed by atoms with Crippen molar-refractivity contribution in [3.8, 4) is 6.07 Å². The third kappa shape index (κ3) is 3.20. The standard InChI is InChI=1S/C16H19N/c17-14-16(11-5-2-6-12-16)13-7-10-15-8-3-1-4-9-15/h1,3-4,7-10H,2,5-6,11-13H2. The zero-order chi connectivity index (χ0) is 12.0. The van der Waals surface area contributed by atoms with E-state index in [2.05, 4.69) is 30.4 Å². The molecule has 0 atom stereocenters. The Morgan fingerprint density at radius 2 is 1.82 bits per heavy atom. The first-order valence-electron chi connectivity index (χ1n) is 6.48. The van der Waals surface area contributed by atoms with Gasteiger partial charge in [-0.25, -0.2) is 0 Å². The molecule has 1 saturated carbocycles. The molecule has 17 heavy (non-hydrogen) atoms. The summed E-state index contributed by atoms with van der Waals surface area (Å²) in [6.07, 6.45) is 11.1. The monoisotopic (exact) mass is 225 g/mol. The molecule has 0 spiro atoms. The average molecular weight is 225 g/mol. The lowest BCUT2D eigenvalue weighted by molar-refractivity contribution is 0.271. The summed E-state index contributed by atoms with van der Waals surface area (Å²) < 4.78 is 0. The van der Waals surface area contributed by atoms with E-state index in [1.54, 1.807) is 0 Å². The first-order chi connectivity index (χ1) is 8.35. The molecule has 88 valence electrons. The van der Waals surface area contributed by atoms with Crippen molar-refractivity contribution in [3.63, 3.8) is 0 Å². The van der Waals surface area contributed by atoms with Gasteiger partial charge in [-0.15, -0.1) is 0 Å². The first-order valence-corrected chi connectivity index (χ1v) is 6.48. The summed E-state index contributed by atoms with van der Waals surface area (Å²) in [4.78, 5) is 0. The quantitative estimate of drug-likeness (QED) is 0.739. The summed E-state index contributed by atoms with van der Waals surface area (Å²) in [5, 5.41) is 9.35. The number of nitrogens with zero attached hydrogens (tertiary/aromatic N) is 1. The Morgan fingerprint density at radius 3 is 2.47 bits per heavy atom. The van der Waals surface area contributed by atoms with Crippen molar-refractivity contribution in [1.29, 1.82) is 5.26 Å². The smallest absolute Gasteiger partial charge is 0.0693 e. The molecule has 0 amide bonds. The van der Waals surface area contributed by atoms with E-state index in [1.807, 2.05) is 18.2 Å². The van der Waals surface area contributed by atoms with Gasteiger partial charge < -0.3 is 0 Å². The van der Waals surface area contributed by atoms with Crippen LogP contribution in [-0.4, -0.2) is 0 Å². The van der Waals surface area contributed by atoms with Crippen molar-refractivity contribution in [3.05, 3.63) is 42.0 Å². The van der Waals surface area contributed by atoms with E-state index in [4.69, 9.17) is 0 Å². The third-order valence-corrected chi connectivity index (χ3v) is 3.67. The minimum Gasteiger partial charge on any atom is -0.198 e. The van der Waals surface area contributed by atoms with Gasteiger partial charge in [-0.05, 0) is 24.8 Å². The molecule has 0 aliphatic heterocycles. The SMILES string of the molecule is N#CC1(CC=Cc2ccccc2)CCCCC1. The Hall–Kier alpha value is -1.55. The van der Waals surface area contributed by atoms with E-state index in [0.29, 0.717) is 0 Å². The summed E-state index contributed by atoms with van der Waals surface area (Å²) in [5.41, 5.74) is 1.14. The van der Waals surface area contributed by atoms with E-state index in [9.17, 15) is 5.26 Å². The molecule has 0 saturated heterocycles. The second kappa shape index (κ2) is 5.68. The van der Waals surface area contributed by atoms with Crippen LogP contribution in [0, 0.1) is 16.7 Å². The highest BCUT2D eigenvalue weighted by Gasteiger charge is 2.30. The molecule has 0 radical (unpaired) electrons. The Kier molecular flexibility index (Phi) is 3.98. The summed E-state index contributed by atoms with van der Waals surface area (Å²) in [7, 11) is 0. The second-order valence-electron chi connectivity index (χ2n) is 4.97. The third-order valence-electron chi connectivity index (χ3n) is 3.67. The van der Waals surface area contributed by atoms with Gasteiger partial charge in [0, 0.05) is 0 Å². The first kappa shape index (κ1) is 11.9. The highest BCUT2D eigenvalue weighted by atomic mass is 14.4. The van der Waals surface area contributed by atoms with E-state index in [-0.39, 0.29) is 5.41 Å². The highest BCUT2D eigenvalue weighted by molar-refractivity contribution is 5.48. The van der Waals surface area contributed by atoms with Crippen LogP contribution >= 0.6 is 0 Å². The van der Waals surface area contributed by atoms with Gasteiger partial charge in [-0.1, -0.05) is 61.7 Å². The van der Waals surface area contributed by atoms with Crippen molar-refractivity contribution in [2.45, 2.75) is 38.5 Å². The van der Waals surface area contributed by atoms with Gasteiger partial charge >= 0.3 is 0 Å². The molecule has 1 fully saturated rings. The molecular weight excluding hydrogens is 206 g/mol. The predicted molar refractivity (Wildman–Crippen MR) is 71.2 cm³/mol. The Balaban J connectivity index is 1.97. The van der Waals surface area contributed by atoms with Crippen molar-refractivity contribution in [2.75, 3.05) is 0 Å². The number of nitriles is 1. The van der Waals surface area contributed by atoms with E-state index >= 15 is 0 Å². The van der Waals surface area contributed by atoms with Crippen LogP contribution in [-0.2, 0) is 0 Å². The molecule has 1 aromatic carbocycles. The molecule has 0 N–H and O–H groups in total. The normalized spacial score (nSPS) is 19.0. The van der Waals surface area contributed by atoms with Crippen molar-refractivity contribution < 1.29 is 0 Å². The molecule has 1 nitrogen and oxygen atoms in total. The van der Waals surface area contributed by atoms with Gasteiger partial charge in [0.15, 0.2) is 0 Å². The molecule has 2 rings (SSSR count). The molecule has 0 unspecified atom stereocenters. The Morgan fingerprint density at radius 1 is 1.12 bits per heavy atom. The maximum absolute atomic E-state index is 9.35. The van der Waals surface area contributed by atoms with Crippen LogP contribution in [0.5, 0.6) is 0 Å². The molecule has 0 heterocycles. The molecule has 1 heteroatoms. The fraction of sp³-hybridized carbons (Fsp3) is 0.438. The molecule has 1 aliphatic carbocycles. The lowest BCUT2D eigenvalue weighted by atomic mass is 9.73. The number of rotatable bonds is 3. The van der Waals surface area contributed by atoms with Gasteiger partial charge in [0.05, 0.1) is 11.5 Å². The lowest BCUT2D eigenvalue weighted by Crippen LogP contribution is -2.21. The molecule has 1 aliphatic rings. The molecule has 1 aromatic rings. The van der Waals surface area contributed by atoms with Gasteiger partial charge in [-0.3, -0.25) is 0 Å². The summed E-state index contributed by atoms with van der Waals surface area (Å²) >= 11 is 0. The van der Waals surface area contributed by atoms with E-state index in [1.165, 1.54) is 24.8 Å². The van der Waals surface area contributed by atoms with Crippen molar-refractivity contribution in [1.82, 2.24) is 0 Å². The largest absolute Gasteiger partial charge is 0.198 e. The summed E-state index contributed by atoms with van der Waals surface area (Å²) in [6.45, 7) is 0. The zero-order valence-corrected chi connectivity index (χ0v) is 10.2. The van der Waals surface area contributed by atoms with E-state index < -0.39 is 0 Å². The van der Waals surface area contributed by atoms with Crippen LogP contribution in [0.2, 0.25) is 0 Å². The summed E-state index contributed by atoms with van der Waals surface area (Å²) in [5.74, 6) is 0. The van der Waals surface area contributed by atoms with Crippen molar-refractivity contribution in [2.24, 2.45) is 5.41 Å². The van der Waals surface area contributed by atoms with Crippen LogP contribution in [0.25, 0.3) is 6.08 Å². The zero-order valence-electron chi connectivity index (χ0n) is 10.2. The van der Waals surface area contributed by atoms with Crippen LogP contribution in [0.3, 0.4) is 0 Å². The minimum absolute atomic E-state index is 0.0798. The molecular formula is C16H19N. The topological polar surface area (TPSA) is 23.8 Å². The van der Waals surface area contributed by atoms with Crippen LogP contribution in [0.15, 0.2) is 36.4 Å². The minimum atomic E-state index is -0.0798. The predicted octanol–water partition coefficient (Wildman–Crippen LogP) is 4.56. The number of benzene rings is 1. The number of hydrogen-bond acceptors (Lipinski definition) is 1. The van der Waals surface area contributed by atoms with E-state index in [0.717, 1.165) is 19.3 Å². The van der Waals surface area contributed by atoms with Gasteiger partial charge in [0.25, 0.3) is 0 Å².